The molecule has 0 bridgehead atoms. The quantitative estimate of drug-likeness (QED) is 0.539. The summed E-state index contributed by atoms with van der Waals surface area (Å²) < 4.78 is 30.5. The Morgan fingerprint density at radius 3 is 2.86 bits per heavy atom. The van der Waals surface area contributed by atoms with Crippen molar-refractivity contribution in [1.29, 1.82) is 0 Å². The van der Waals surface area contributed by atoms with Crippen LogP contribution in [0.15, 0.2) is 27.2 Å². The lowest BCUT2D eigenvalue weighted by Crippen LogP contribution is -2.29. The SMILES string of the molecule is CC1=NS(=O)(=O)C2=CC=[N+]=CC=C2N1. The Kier molecular flexibility index (Phi) is 1.87. The van der Waals surface area contributed by atoms with Gasteiger partial charge in [-0.05, 0) is 6.92 Å². The summed E-state index contributed by atoms with van der Waals surface area (Å²) in [6.07, 6.45) is 5.98. The zero-order valence-electron chi connectivity index (χ0n) is 7.43. The predicted octanol–water partition coefficient (Wildman–Crippen LogP) is -0.672. The number of allylic oxidation sites excluding steroid dienone is 2. The van der Waals surface area contributed by atoms with E-state index in [1.807, 2.05) is 0 Å². The third-order valence-corrected chi connectivity index (χ3v) is 3.18. The van der Waals surface area contributed by atoms with E-state index in [4.69, 9.17) is 0 Å². The van der Waals surface area contributed by atoms with Crippen molar-refractivity contribution in [2.45, 2.75) is 6.92 Å². The highest BCUT2D eigenvalue weighted by molar-refractivity contribution is 7.94. The van der Waals surface area contributed by atoms with Crippen LogP contribution in [0.25, 0.3) is 0 Å². The van der Waals surface area contributed by atoms with Crippen molar-refractivity contribution in [1.82, 2.24) is 9.98 Å². The minimum absolute atomic E-state index is 0.153. The van der Waals surface area contributed by atoms with Gasteiger partial charge in [0, 0.05) is 12.2 Å². The molecule has 0 saturated heterocycles. The van der Waals surface area contributed by atoms with Crippen molar-refractivity contribution >= 4 is 28.3 Å². The largest absolute Gasteiger partial charge is 0.342 e. The Balaban J connectivity index is 2.67. The zero-order valence-corrected chi connectivity index (χ0v) is 8.25. The summed E-state index contributed by atoms with van der Waals surface area (Å²) in [7, 11) is -3.55. The van der Waals surface area contributed by atoms with Crippen LogP contribution in [0.1, 0.15) is 6.92 Å². The molecule has 5 nitrogen and oxygen atoms in total. The predicted molar refractivity (Wildman–Crippen MR) is 55.6 cm³/mol. The van der Waals surface area contributed by atoms with Gasteiger partial charge in [-0.1, -0.05) is 0 Å². The summed E-state index contributed by atoms with van der Waals surface area (Å²) in [5.74, 6) is 0.365. The summed E-state index contributed by atoms with van der Waals surface area (Å²) >= 11 is 0. The fraction of sp³-hybridized carbons (Fsp3) is 0.125. The standard InChI is InChI=1S/C8H7N3O2S/c1-6-10-7-2-4-9-5-3-8(7)14(12,13)11-6/h2-5H,1H3/p+1. The van der Waals surface area contributed by atoms with E-state index in [0.29, 0.717) is 11.5 Å². The minimum atomic E-state index is -3.55. The van der Waals surface area contributed by atoms with Crippen LogP contribution in [0.3, 0.4) is 0 Å². The maximum Gasteiger partial charge on any atom is 0.294 e. The first-order valence-electron chi connectivity index (χ1n) is 3.95. The lowest BCUT2D eigenvalue weighted by atomic mass is 10.3. The second kappa shape index (κ2) is 2.94. The van der Waals surface area contributed by atoms with Gasteiger partial charge >= 0.3 is 0 Å². The van der Waals surface area contributed by atoms with E-state index in [2.05, 4.69) is 14.4 Å². The Bertz CT molecular complexity index is 531. The van der Waals surface area contributed by atoms with Gasteiger partial charge in [0.2, 0.25) is 0 Å². The molecule has 14 heavy (non-hydrogen) atoms. The van der Waals surface area contributed by atoms with E-state index < -0.39 is 10.0 Å². The normalized spacial score (nSPS) is 22.5. The third-order valence-electron chi connectivity index (χ3n) is 1.76. The zero-order chi connectivity index (χ0) is 10.2. The number of rotatable bonds is 0. The van der Waals surface area contributed by atoms with Crippen molar-refractivity contribution in [2.24, 2.45) is 4.40 Å². The van der Waals surface area contributed by atoms with Gasteiger partial charge in [-0.2, -0.15) is 8.42 Å². The Hall–Kier alpha value is -1.65. The van der Waals surface area contributed by atoms with E-state index in [1.165, 1.54) is 18.5 Å². The first kappa shape index (κ1) is 8.93. The number of nitrogens with zero attached hydrogens (tertiary/aromatic N) is 2. The molecule has 0 atom stereocenters. The maximum absolute atomic E-state index is 11.6. The summed E-state index contributed by atoms with van der Waals surface area (Å²) in [6.45, 7) is 1.60. The summed E-state index contributed by atoms with van der Waals surface area (Å²) in [5, 5.41) is 2.87. The van der Waals surface area contributed by atoms with Gasteiger partial charge in [0.1, 0.15) is 10.7 Å². The van der Waals surface area contributed by atoms with Crippen LogP contribution in [-0.2, 0) is 10.0 Å². The smallest absolute Gasteiger partial charge is 0.294 e. The summed E-state index contributed by atoms with van der Waals surface area (Å²) in [4.78, 5) is 0.153. The molecule has 6 heteroatoms. The molecule has 2 aliphatic rings. The van der Waals surface area contributed by atoms with E-state index in [1.54, 1.807) is 13.0 Å². The molecule has 0 aromatic carbocycles. The molecule has 2 rings (SSSR count). The molecule has 0 unspecified atom stereocenters. The second-order valence-electron chi connectivity index (χ2n) is 2.84. The number of amidine groups is 1. The number of hydrogen-bond acceptors (Lipinski definition) is 3. The Morgan fingerprint density at radius 1 is 1.36 bits per heavy atom. The van der Waals surface area contributed by atoms with Gasteiger partial charge < -0.3 is 5.32 Å². The van der Waals surface area contributed by atoms with Crippen LogP contribution in [0, 0.1) is 0 Å². The molecular weight excluding hydrogens is 202 g/mol. The molecule has 2 aliphatic heterocycles. The van der Waals surface area contributed by atoms with Crippen LogP contribution in [0.4, 0.5) is 0 Å². The Labute approximate surface area is 81.3 Å². The maximum atomic E-state index is 11.6. The van der Waals surface area contributed by atoms with Crippen LogP contribution in [0.2, 0.25) is 0 Å². The Morgan fingerprint density at radius 2 is 2.07 bits per heavy atom. The van der Waals surface area contributed by atoms with Crippen LogP contribution in [-0.4, -0.2) is 26.7 Å². The van der Waals surface area contributed by atoms with Crippen LogP contribution in [0.5, 0.6) is 0 Å². The molecule has 0 amide bonds. The molecule has 0 fully saturated rings. The van der Waals surface area contributed by atoms with Gasteiger partial charge in [0.05, 0.1) is 5.70 Å². The lowest BCUT2D eigenvalue weighted by Gasteiger charge is -2.15. The van der Waals surface area contributed by atoms with Gasteiger partial charge in [-0.3, -0.25) is 0 Å². The van der Waals surface area contributed by atoms with E-state index in [9.17, 15) is 8.42 Å². The van der Waals surface area contributed by atoms with Gasteiger partial charge in [0.15, 0.2) is 0 Å². The first-order valence-corrected chi connectivity index (χ1v) is 5.39. The molecule has 0 aromatic rings. The van der Waals surface area contributed by atoms with E-state index in [0.717, 1.165) is 0 Å². The lowest BCUT2D eigenvalue weighted by molar-refractivity contribution is 0.603. The van der Waals surface area contributed by atoms with Crippen LogP contribution < -0.4 is 9.98 Å². The van der Waals surface area contributed by atoms with Gasteiger partial charge in [-0.25, -0.2) is 0 Å². The van der Waals surface area contributed by atoms with E-state index >= 15 is 0 Å². The minimum Gasteiger partial charge on any atom is -0.342 e. The molecule has 72 valence electrons. The molecule has 0 spiro atoms. The molecule has 0 aromatic heterocycles. The highest BCUT2D eigenvalue weighted by Crippen LogP contribution is 2.20. The molecule has 0 radical (unpaired) electrons. The van der Waals surface area contributed by atoms with Crippen LogP contribution >= 0.6 is 0 Å². The summed E-state index contributed by atoms with van der Waals surface area (Å²) in [5.41, 5.74) is 0.509. The molecule has 1 N–H and O–H groups in total. The van der Waals surface area contributed by atoms with Crippen molar-refractivity contribution in [3.63, 3.8) is 0 Å². The third kappa shape index (κ3) is 1.41. The molecule has 2 heterocycles. The molecular formula is C8H8N3O2S+. The number of fused-ring (bicyclic) bond motifs is 1. The van der Waals surface area contributed by atoms with Gasteiger partial charge in [-0.15, -0.1) is 9.07 Å². The van der Waals surface area contributed by atoms with Crippen molar-refractivity contribution in [3.8, 4) is 0 Å². The first-order chi connectivity index (χ1) is 6.59. The van der Waals surface area contributed by atoms with Crippen molar-refractivity contribution in [2.75, 3.05) is 0 Å². The fourth-order valence-corrected chi connectivity index (χ4v) is 2.36. The highest BCUT2D eigenvalue weighted by atomic mass is 32.2. The average molecular weight is 210 g/mol. The topological polar surface area (TPSA) is 72.6 Å². The van der Waals surface area contributed by atoms with Crippen molar-refractivity contribution in [3.05, 3.63) is 22.8 Å². The van der Waals surface area contributed by atoms with Crippen molar-refractivity contribution < 1.29 is 8.42 Å². The summed E-state index contributed by atoms with van der Waals surface area (Å²) in [6, 6.07) is 0. The number of sulfonamides is 1. The second-order valence-corrected chi connectivity index (χ2v) is 4.41. The fourth-order valence-electron chi connectivity index (χ4n) is 1.23. The molecule has 0 saturated carbocycles. The number of nitrogens with one attached hydrogen (secondary N) is 1. The molecule has 0 aliphatic carbocycles. The average Bonchev–Trinajstić information content (AvgIpc) is 2.27. The van der Waals surface area contributed by atoms with Gasteiger partial charge in [0.25, 0.3) is 22.5 Å². The highest BCUT2D eigenvalue weighted by Gasteiger charge is 2.27. The number of hydrogen-bond donors (Lipinski definition) is 1. The van der Waals surface area contributed by atoms with E-state index in [-0.39, 0.29) is 4.91 Å². The monoisotopic (exact) mass is 210 g/mol.